The van der Waals surface area contributed by atoms with Crippen LogP contribution in [0.2, 0.25) is 0 Å². The highest BCUT2D eigenvalue weighted by molar-refractivity contribution is 5.68. The minimum atomic E-state index is -0.982. The van der Waals surface area contributed by atoms with Crippen LogP contribution in [0.15, 0.2) is 30.3 Å². The lowest BCUT2D eigenvalue weighted by atomic mass is 9.90. The van der Waals surface area contributed by atoms with Crippen molar-refractivity contribution < 1.29 is 38.1 Å². The molecule has 0 unspecified atom stereocenters. The summed E-state index contributed by atoms with van der Waals surface area (Å²) in [6, 6.07) is 9.57. The van der Waals surface area contributed by atoms with E-state index in [9.17, 15) is 14.4 Å². The first-order valence-corrected chi connectivity index (χ1v) is 10.5. The van der Waals surface area contributed by atoms with E-state index in [2.05, 4.69) is 0 Å². The molecule has 0 spiro atoms. The van der Waals surface area contributed by atoms with Crippen molar-refractivity contribution in [2.75, 3.05) is 6.61 Å². The number of benzene rings is 1. The molecule has 0 N–H and O–H groups in total. The Kier molecular flexibility index (Phi) is 9.45. The van der Waals surface area contributed by atoms with Crippen LogP contribution >= 0.6 is 0 Å². The van der Waals surface area contributed by atoms with E-state index in [1.165, 1.54) is 20.8 Å². The summed E-state index contributed by atoms with van der Waals surface area (Å²) in [6.45, 7) is 8.04. The van der Waals surface area contributed by atoms with Crippen LogP contribution in [0.1, 0.15) is 46.6 Å². The quantitative estimate of drug-likeness (QED) is 0.431. The van der Waals surface area contributed by atoms with Gasteiger partial charge < -0.3 is 23.7 Å². The lowest BCUT2D eigenvalue weighted by molar-refractivity contribution is -0.260. The standard InChI is InChI=1S/C23H32O8/c1-14(2)11-19-21(28-12-18-9-7-6-8-10-18)23(30-17(5)26)22(29-16(4)25)20(31-19)13-27-15(3)24/h6-10,14,19-23H,11-13H2,1-5H3/t19-,20-,21+,22+,23-/m1/s1. The molecule has 0 bridgehead atoms. The molecule has 0 amide bonds. The summed E-state index contributed by atoms with van der Waals surface area (Å²) in [5, 5.41) is 0. The zero-order valence-corrected chi connectivity index (χ0v) is 18.7. The SMILES string of the molecule is CC(=O)OC[C@H]1O[C@H](CC(C)C)[C@H](OCc2ccccc2)[C@@H](OC(C)=O)[C@H]1OC(C)=O. The molecule has 5 atom stereocenters. The van der Waals surface area contributed by atoms with Gasteiger partial charge in [-0.25, -0.2) is 0 Å². The van der Waals surface area contributed by atoms with Crippen LogP contribution < -0.4 is 0 Å². The van der Waals surface area contributed by atoms with Crippen molar-refractivity contribution >= 4 is 17.9 Å². The lowest BCUT2D eigenvalue weighted by Gasteiger charge is -2.45. The van der Waals surface area contributed by atoms with Gasteiger partial charge >= 0.3 is 17.9 Å². The minimum absolute atomic E-state index is 0.134. The van der Waals surface area contributed by atoms with Crippen molar-refractivity contribution in [2.45, 2.75) is 78.2 Å². The maximum absolute atomic E-state index is 11.9. The molecule has 1 aromatic rings. The average molecular weight is 437 g/mol. The van der Waals surface area contributed by atoms with Crippen LogP contribution in [-0.4, -0.2) is 55.0 Å². The third-order valence-electron chi connectivity index (χ3n) is 4.77. The molecular weight excluding hydrogens is 404 g/mol. The van der Waals surface area contributed by atoms with Gasteiger partial charge in [0.05, 0.1) is 12.7 Å². The molecule has 1 aliphatic rings. The van der Waals surface area contributed by atoms with Crippen molar-refractivity contribution in [3.05, 3.63) is 35.9 Å². The Hall–Kier alpha value is -2.45. The summed E-state index contributed by atoms with van der Waals surface area (Å²) < 4.78 is 28.6. The Morgan fingerprint density at radius 1 is 0.871 bits per heavy atom. The van der Waals surface area contributed by atoms with E-state index in [1.807, 2.05) is 44.2 Å². The summed E-state index contributed by atoms with van der Waals surface area (Å²) in [5.41, 5.74) is 0.943. The third kappa shape index (κ3) is 7.95. The summed E-state index contributed by atoms with van der Waals surface area (Å²) in [4.78, 5) is 35.1. The van der Waals surface area contributed by atoms with E-state index in [-0.39, 0.29) is 19.1 Å². The maximum atomic E-state index is 11.9. The van der Waals surface area contributed by atoms with Gasteiger partial charge in [0.25, 0.3) is 0 Å². The first kappa shape index (κ1) is 24.8. The normalized spacial score (nSPS) is 25.7. The monoisotopic (exact) mass is 436 g/mol. The Bertz CT molecular complexity index is 732. The van der Waals surface area contributed by atoms with E-state index in [1.54, 1.807) is 0 Å². The second-order valence-corrected chi connectivity index (χ2v) is 8.05. The van der Waals surface area contributed by atoms with Gasteiger partial charge in [0.2, 0.25) is 0 Å². The molecule has 172 valence electrons. The number of ether oxygens (including phenoxy) is 5. The third-order valence-corrected chi connectivity index (χ3v) is 4.77. The summed E-state index contributed by atoms with van der Waals surface area (Å²) in [6.07, 6.45) is -3.21. The van der Waals surface area contributed by atoms with Gasteiger partial charge in [-0.2, -0.15) is 0 Å². The topological polar surface area (TPSA) is 97.4 Å². The van der Waals surface area contributed by atoms with Crippen LogP contribution in [0.25, 0.3) is 0 Å². The van der Waals surface area contributed by atoms with Crippen molar-refractivity contribution in [1.29, 1.82) is 0 Å². The van der Waals surface area contributed by atoms with Gasteiger partial charge in [-0.05, 0) is 17.9 Å². The van der Waals surface area contributed by atoms with Crippen LogP contribution in [0.3, 0.4) is 0 Å². The number of esters is 3. The molecule has 1 heterocycles. The Balaban J connectivity index is 2.35. The average Bonchev–Trinajstić information content (AvgIpc) is 2.67. The first-order valence-electron chi connectivity index (χ1n) is 10.5. The zero-order valence-electron chi connectivity index (χ0n) is 18.7. The molecule has 1 aromatic carbocycles. The minimum Gasteiger partial charge on any atom is -0.463 e. The Morgan fingerprint density at radius 3 is 2.03 bits per heavy atom. The van der Waals surface area contributed by atoms with E-state index in [4.69, 9.17) is 23.7 Å². The maximum Gasteiger partial charge on any atom is 0.303 e. The van der Waals surface area contributed by atoms with Crippen LogP contribution in [0.4, 0.5) is 0 Å². The summed E-state index contributed by atoms with van der Waals surface area (Å²) >= 11 is 0. The van der Waals surface area contributed by atoms with Gasteiger partial charge in [-0.1, -0.05) is 44.2 Å². The molecule has 8 nitrogen and oxygen atoms in total. The molecule has 2 rings (SSSR count). The van der Waals surface area contributed by atoms with Gasteiger partial charge in [-0.3, -0.25) is 14.4 Å². The number of carbonyl (C=O) groups is 3. The van der Waals surface area contributed by atoms with E-state index in [0.717, 1.165) is 5.56 Å². The molecular formula is C23H32O8. The van der Waals surface area contributed by atoms with Gasteiger partial charge in [0.1, 0.15) is 18.8 Å². The second-order valence-electron chi connectivity index (χ2n) is 8.05. The lowest BCUT2D eigenvalue weighted by Crippen LogP contribution is -2.62. The predicted octanol–water partition coefficient (Wildman–Crippen LogP) is 2.81. The van der Waals surface area contributed by atoms with Gasteiger partial charge in [0.15, 0.2) is 12.2 Å². The molecule has 0 aromatic heterocycles. The summed E-state index contributed by atoms with van der Waals surface area (Å²) in [5.74, 6) is -1.34. The fourth-order valence-electron chi connectivity index (χ4n) is 3.61. The molecule has 0 radical (unpaired) electrons. The van der Waals surface area contributed by atoms with Crippen LogP contribution in [0.5, 0.6) is 0 Å². The number of hydrogen-bond acceptors (Lipinski definition) is 8. The molecule has 8 heteroatoms. The van der Waals surface area contributed by atoms with E-state index >= 15 is 0 Å². The zero-order chi connectivity index (χ0) is 23.0. The summed E-state index contributed by atoms with van der Waals surface area (Å²) in [7, 11) is 0. The molecule has 1 saturated heterocycles. The van der Waals surface area contributed by atoms with Gasteiger partial charge in [-0.15, -0.1) is 0 Å². The highest BCUT2D eigenvalue weighted by atomic mass is 16.6. The smallest absolute Gasteiger partial charge is 0.303 e. The van der Waals surface area contributed by atoms with E-state index in [0.29, 0.717) is 6.42 Å². The van der Waals surface area contributed by atoms with Crippen molar-refractivity contribution in [3.8, 4) is 0 Å². The van der Waals surface area contributed by atoms with Crippen molar-refractivity contribution in [3.63, 3.8) is 0 Å². The molecule has 31 heavy (non-hydrogen) atoms. The van der Waals surface area contributed by atoms with Crippen molar-refractivity contribution in [2.24, 2.45) is 5.92 Å². The fourth-order valence-corrected chi connectivity index (χ4v) is 3.61. The number of carbonyl (C=O) groups excluding carboxylic acids is 3. The predicted molar refractivity (Wildman–Crippen MR) is 111 cm³/mol. The Labute approximate surface area is 183 Å². The van der Waals surface area contributed by atoms with Gasteiger partial charge in [0, 0.05) is 20.8 Å². The largest absolute Gasteiger partial charge is 0.463 e. The number of hydrogen-bond donors (Lipinski definition) is 0. The molecule has 0 aliphatic carbocycles. The van der Waals surface area contributed by atoms with E-state index < -0.39 is 48.4 Å². The molecule has 1 aliphatic heterocycles. The first-order chi connectivity index (χ1) is 14.7. The fraction of sp³-hybridized carbons (Fsp3) is 0.609. The second kappa shape index (κ2) is 11.8. The highest BCUT2D eigenvalue weighted by Gasteiger charge is 2.50. The number of rotatable bonds is 9. The Morgan fingerprint density at radius 2 is 1.48 bits per heavy atom. The van der Waals surface area contributed by atoms with Crippen LogP contribution in [-0.2, 0) is 44.7 Å². The highest BCUT2D eigenvalue weighted by Crippen LogP contribution is 2.32. The van der Waals surface area contributed by atoms with Crippen LogP contribution in [0, 0.1) is 5.92 Å². The molecule has 0 saturated carbocycles. The van der Waals surface area contributed by atoms with Crippen molar-refractivity contribution in [1.82, 2.24) is 0 Å². The molecule has 1 fully saturated rings.